The molecule has 0 saturated heterocycles. The Morgan fingerprint density at radius 2 is 1.95 bits per heavy atom. The second-order valence-corrected chi connectivity index (χ2v) is 4.08. The van der Waals surface area contributed by atoms with E-state index >= 15 is 0 Å². The number of halogens is 3. The number of alkyl halides is 3. The van der Waals surface area contributed by atoms with Gasteiger partial charge in [-0.3, -0.25) is 0 Å². The molecule has 20 heavy (non-hydrogen) atoms. The highest BCUT2D eigenvalue weighted by atomic mass is 19.4. The van der Waals surface area contributed by atoms with Gasteiger partial charge in [-0.15, -0.1) is 0 Å². The molecule has 108 valence electrons. The molecule has 4 nitrogen and oxygen atoms in total. The summed E-state index contributed by atoms with van der Waals surface area (Å²) in [6, 6.07) is 5.50. The fraction of sp³-hybridized carbons (Fsp3) is 0.385. The van der Waals surface area contributed by atoms with Crippen LogP contribution in [0.5, 0.6) is 0 Å². The van der Waals surface area contributed by atoms with Crippen molar-refractivity contribution in [3.05, 3.63) is 29.8 Å². The van der Waals surface area contributed by atoms with E-state index in [0.29, 0.717) is 13.0 Å². The minimum Gasteiger partial charge on any atom is -0.311 e. The van der Waals surface area contributed by atoms with Crippen LogP contribution in [0.1, 0.15) is 18.9 Å². The smallest absolute Gasteiger partial charge is 0.311 e. The van der Waals surface area contributed by atoms with Gasteiger partial charge < -0.3 is 10.2 Å². The molecule has 0 aliphatic rings. The van der Waals surface area contributed by atoms with Crippen molar-refractivity contribution < 1.29 is 18.0 Å². The summed E-state index contributed by atoms with van der Waals surface area (Å²) in [7, 11) is 0. The van der Waals surface area contributed by atoms with Gasteiger partial charge in [0.1, 0.15) is 6.54 Å². The number of carbonyl (C=O) groups is 1. The molecule has 1 rings (SSSR count). The van der Waals surface area contributed by atoms with E-state index in [4.69, 9.17) is 5.26 Å². The Hall–Kier alpha value is -2.23. The van der Waals surface area contributed by atoms with Crippen molar-refractivity contribution in [3.8, 4) is 6.07 Å². The first-order valence-electron chi connectivity index (χ1n) is 5.98. The topological polar surface area (TPSA) is 56.1 Å². The molecule has 0 unspecified atom stereocenters. The molecular formula is C13H14F3N3O. The molecule has 0 aliphatic carbocycles. The first kappa shape index (κ1) is 15.8. The van der Waals surface area contributed by atoms with Crippen molar-refractivity contribution in [2.45, 2.75) is 19.5 Å². The van der Waals surface area contributed by atoms with Gasteiger partial charge >= 0.3 is 12.2 Å². The second kappa shape index (κ2) is 6.80. The molecule has 0 saturated carbocycles. The number of nitrogens with one attached hydrogen (secondary N) is 1. The highest BCUT2D eigenvalue weighted by molar-refractivity contribution is 5.89. The van der Waals surface area contributed by atoms with Crippen molar-refractivity contribution in [2.75, 3.05) is 18.4 Å². The van der Waals surface area contributed by atoms with Gasteiger partial charge in [0, 0.05) is 12.2 Å². The van der Waals surface area contributed by atoms with E-state index in [9.17, 15) is 18.0 Å². The van der Waals surface area contributed by atoms with Crippen LogP contribution in [0.4, 0.5) is 23.7 Å². The maximum absolute atomic E-state index is 12.4. The molecule has 0 aliphatic heterocycles. The average molecular weight is 285 g/mol. The number of nitrogens with zero attached hydrogens (tertiary/aromatic N) is 2. The third-order valence-corrected chi connectivity index (χ3v) is 2.51. The molecule has 1 aromatic rings. The number of amides is 2. The van der Waals surface area contributed by atoms with Crippen LogP contribution in [0.2, 0.25) is 0 Å². The molecule has 2 amide bonds. The Balaban J connectivity index is 2.73. The first-order chi connectivity index (χ1) is 9.38. The lowest BCUT2D eigenvalue weighted by Crippen LogP contribution is -2.35. The second-order valence-electron chi connectivity index (χ2n) is 4.08. The fourth-order valence-electron chi connectivity index (χ4n) is 1.55. The predicted molar refractivity (Wildman–Crippen MR) is 67.9 cm³/mol. The van der Waals surface area contributed by atoms with E-state index in [1.807, 2.05) is 13.0 Å². The largest absolute Gasteiger partial charge is 0.416 e. The number of urea groups is 1. The van der Waals surface area contributed by atoms with Gasteiger partial charge in [0.25, 0.3) is 0 Å². The summed E-state index contributed by atoms with van der Waals surface area (Å²) in [5.74, 6) is 0. The quantitative estimate of drug-likeness (QED) is 0.861. The zero-order valence-electron chi connectivity index (χ0n) is 10.9. The van der Waals surface area contributed by atoms with Crippen LogP contribution in [-0.2, 0) is 6.18 Å². The molecule has 0 bridgehead atoms. The summed E-state index contributed by atoms with van der Waals surface area (Å²) in [5.41, 5.74) is -0.528. The highest BCUT2D eigenvalue weighted by Crippen LogP contribution is 2.29. The Bertz CT molecular complexity index is 491. The van der Waals surface area contributed by atoms with Crippen LogP contribution in [0, 0.1) is 11.3 Å². The summed E-state index contributed by atoms with van der Waals surface area (Å²) in [6.45, 7) is 2.19. The number of nitriles is 1. The maximum Gasteiger partial charge on any atom is 0.416 e. The van der Waals surface area contributed by atoms with Crippen molar-refractivity contribution in [1.82, 2.24) is 4.90 Å². The highest BCUT2D eigenvalue weighted by Gasteiger charge is 2.30. The van der Waals surface area contributed by atoms with Gasteiger partial charge in [0.15, 0.2) is 0 Å². The number of hydrogen-bond acceptors (Lipinski definition) is 2. The summed E-state index contributed by atoms with van der Waals surface area (Å²) >= 11 is 0. The van der Waals surface area contributed by atoms with Crippen LogP contribution in [0.25, 0.3) is 0 Å². The SMILES string of the molecule is CCCN(CC#N)C(=O)Nc1ccc(C(F)(F)F)cc1. The van der Waals surface area contributed by atoms with E-state index < -0.39 is 17.8 Å². The Morgan fingerprint density at radius 3 is 2.40 bits per heavy atom. The van der Waals surface area contributed by atoms with Crippen molar-refractivity contribution in [1.29, 1.82) is 5.26 Å². The van der Waals surface area contributed by atoms with Crippen molar-refractivity contribution >= 4 is 11.7 Å². The third-order valence-electron chi connectivity index (χ3n) is 2.51. The van der Waals surface area contributed by atoms with Gasteiger partial charge in [-0.1, -0.05) is 6.92 Å². The minimum absolute atomic E-state index is 0.0691. The standard InChI is InChI=1S/C13H14F3N3O/c1-2-8-19(9-7-17)12(20)18-11-5-3-10(4-6-11)13(14,15)16/h3-6H,2,8-9H2,1H3,(H,18,20). The van der Waals surface area contributed by atoms with Crippen LogP contribution in [-0.4, -0.2) is 24.0 Å². The van der Waals surface area contributed by atoms with E-state index in [2.05, 4.69) is 5.32 Å². The average Bonchev–Trinajstić information content (AvgIpc) is 2.38. The Morgan fingerprint density at radius 1 is 1.35 bits per heavy atom. The van der Waals surface area contributed by atoms with Gasteiger partial charge in [-0.05, 0) is 30.7 Å². The van der Waals surface area contributed by atoms with E-state index in [0.717, 1.165) is 12.1 Å². The van der Waals surface area contributed by atoms with Crippen LogP contribution < -0.4 is 5.32 Å². The number of benzene rings is 1. The molecular weight excluding hydrogens is 271 g/mol. The molecule has 0 spiro atoms. The van der Waals surface area contributed by atoms with Gasteiger partial charge in [0.05, 0.1) is 11.6 Å². The summed E-state index contributed by atoms with van der Waals surface area (Å²) in [6.07, 6.45) is -3.72. The van der Waals surface area contributed by atoms with Crippen LogP contribution >= 0.6 is 0 Å². The zero-order chi connectivity index (χ0) is 15.2. The van der Waals surface area contributed by atoms with Crippen LogP contribution in [0.15, 0.2) is 24.3 Å². The molecule has 1 N–H and O–H groups in total. The molecule has 1 aromatic carbocycles. The number of carbonyl (C=O) groups excluding carboxylic acids is 1. The van der Waals surface area contributed by atoms with E-state index in [1.165, 1.54) is 17.0 Å². The monoisotopic (exact) mass is 285 g/mol. The van der Waals surface area contributed by atoms with Crippen LogP contribution in [0.3, 0.4) is 0 Å². The molecule has 0 atom stereocenters. The summed E-state index contributed by atoms with van der Waals surface area (Å²) in [5, 5.41) is 11.1. The van der Waals surface area contributed by atoms with Crippen molar-refractivity contribution in [2.24, 2.45) is 0 Å². The number of rotatable bonds is 4. The Kier molecular flexibility index (Phi) is 5.38. The first-order valence-corrected chi connectivity index (χ1v) is 5.98. The summed E-state index contributed by atoms with van der Waals surface area (Å²) in [4.78, 5) is 13.1. The summed E-state index contributed by atoms with van der Waals surface area (Å²) < 4.78 is 37.1. The fourth-order valence-corrected chi connectivity index (χ4v) is 1.55. The van der Waals surface area contributed by atoms with E-state index in [1.54, 1.807) is 0 Å². The minimum atomic E-state index is -4.41. The molecule has 0 aromatic heterocycles. The van der Waals surface area contributed by atoms with Gasteiger partial charge in [-0.25, -0.2) is 4.79 Å². The van der Waals surface area contributed by atoms with E-state index in [-0.39, 0.29) is 12.2 Å². The predicted octanol–water partition coefficient (Wildman–Crippen LogP) is 3.47. The van der Waals surface area contributed by atoms with Crippen molar-refractivity contribution in [3.63, 3.8) is 0 Å². The molecule has 0 radical (unpaired) electrons. The van der Waals surface area contributed by atoms with Gasteiger partial charge in [-0.2, -0.15) is 18.4 Å². The number of anilines is 1. The zero-order valence-corrected chi connectivity index (χ0v) is 10.9. The third kappa shape index (κ3) is 4.46. The van der Waals surface area contributed by atoms with Gasteiger partial charge in [0.2, 0.25) is 0 Å². The lowest BCUT2D eigenvalue weighted by molar-refractivity contribution is -0.137. The number of hydrogen-bond donors (Lipinski definition) is 1. The maximum atomic E-state index is 12.4. The molecule has 7 heteroatoms. The lowest BCUT2D eigenvalue weighted by atomic mass is 10.2. The normalized spacial score (nSPS) is 10.8. The Labute approximate surface area is 114 Å². The molecule has 0 fully saturated rings. The lowest BCUT2D eigenvalue weighted by Gasteiger charge is -2.19. The molecule has 0 heterocycles.